The van der Waals surface area contributed by atoms with Crippen molar-refractivity contribution in [3.05, 3.63) is 35.6 Å². The van der Waals surface area contributed by atoms with Crippen molar-refractivity contribution in [1.82, 2.24) is 20.2 Å². The van der Waals surface area contributed by atoms with Crippen molar-refractivity contribution in [2.75, 3.05) is 13.1 Å². The summed E-state index contributed by atoms with van der Waals surface area (Å²) in [4.78, 5) is 23.6. The minimum Gasteiger partial charge on any atom is -0.346 e. The van der Waals surface area contributed by atoms with Crippen LogP contribution in [-0.2, 0) is 0 Å². The fourth-order valence-electron chi connectivity index (χ4n) is 3.77. The van der Waals surface area contributed by atoms with Crippen molar-refractivity contribution < 1.29 is 4.79 Å². The largest absolute Gasteiger partial charge is 0.346 e. The molecule has 0 spiro atoms. The highest BCUT2D eigenvalue weighted by atomic mass is 32.1. The molecule has 6 heteroatoms. The van der Waals surface area contributed by atoms with Crippen LogP contribution >= 0.6 is 11.3 Å². The Bertz CT molecular complexity index is 692. The van der Waals surface area contributed by atoms with Crippen LogP contribution in [0.1, 0.15) is 30.3 Å². The van der Waals surface area contributed by atoms with Gasteiger partial charge in [-0.2, -0.15) is 0 Å². The number of hydrogen-bond acceptors (Lipinski definition) is 5. The fraction of sp³-hybridized carbons (Fsp3) is 0.471. The molecule has 1 N–H and O–H groups in total. The highest BCUT2D eigenvalue weighted by Gasteiger charge is 2.40. The number of carbonyl (C=O) groups excluding carboxylic acids is 1. The van der Waals surface area contributed by atoms with Crippen LogP contribution in [0.25, 0.3) is 10.6 Å². The van der Waals surface area contributed by atoms with E-state index in [1.807, 2.05) is 17.5 Å². The van der Waals surface area contributed by atoms with E-state index in [2.05, 4.69) is 27.1 Å². The van der Waals surface area contributed by atoms with Crippen LogP contribution in [0.5, 0.6) is 0 Å². The fourth-order valence-corrected chi connectivity index (χ4v) is 4.56. The van der Waals surface area contributed by atoms with Crippen molar-refractivity contribution in [1.29, 1.82) is 0 Å². The van der Waals surface area contributed by atoms with Gasteiger partial charge in [0.2, 0.25) is 0 Å². The average Bonchev–Trinajstić information content (AvgIpc) is 3.09. The minimum absolute atomic E-state index is 0.0537. The van der Waals surface area contributed by atoms with Gasteiger partial charge in [0, 0.05) is 35.4 Å². The summed E-state index contributed by atoms with van der Waals surface area (Å²) in [6.07, 6.45) is 5.89. The Balaban J connectivity index is 1.49. The molecule has 2 bridgehead atoms. The van der Waals surface area contributed by atoms with E-state index in [0.29, 0.717) is 17.7 Å². The van der Waals surface area contributed by atoms with Gasteiger partial charge < -0.3 is 5.32 Å². The Morgan fingerprint density at radius 2 is 2.22 bits per heavy atom. The predicted molar refractivity (Wildman–Crippen MR) is 90.4 cm³/mol. The number of carbonyl (C=O) groups is 1. The van der Waals surface area contributed by atoms with Gasteiger partial charge >= 0.3 is 0 Å². The first kappa shape index (κ1) is 14.8. The second-order valence-corrected chi connectivity index (χ2v) is 7.25. The molecule has 3 aliphatic heterocycles. The molecule has 5 heterocycles. The molecule has 3 saturated heterocycles. The topological polar surface area (TPSA) is 58.1 Å². The number of piperidine rings is 3. The van der Waals surface area contributed by atoms with Crippen LogP contribution in [0, 0.1) is 5.92 Å². The first-order valence-corrected chi connectivity index (χ1v) is 9.01. The number of rotatable bonds is 3. The van der Waals surface area contributed by atoms with E-state index in [4.69, 9.17) is 0 Å². The van der Waals surface area contributed by atoms with Crippen molar-refractivity contribution >= 4 is 17.2 Å². The highest BCUT2D eigenvalue weighted by Crippen LogP contribution is 2.32. The summed E-state index contributed by atoms with van der Waals surface area (Å²) < 4.78 is 0. The summed E-state index contributed by atoms with van der Waals surface area (Å²) in [6, 6.07) is 4.50. The lowest BCUT2D eigenvalue weighted by molar-refractivity contribution is 0.0216. The molecule has 23 heavy (non-hydrogen) atoms. The number of fused-ring (bicyclic) bond motifs is 3. The van der Waals surface area contributed by atoms with Crippen molar-refractivity contribution in [2.24, 2.45) is 5.92 Å². The molecule has 3 fully saturated rings. The predicted octanol–water partition coefficient (Wildman–Crippen LogP) is 2.42. The zero-order valence-electron chi connectivity index (χ0n) is 13.1. The lowest BCUT2D eigenvalue weighted by atomic mass is 9.79. The maximum atomic E-state index is 12.6. The zero-order valence-corrected chi connectivity index (χ0v) is 13.9. The number of pyridine rings is 1. The van der Waals surface area contributed by atoms with Gasteiger partial charge in [-0.15, -0.1) is 11.3 Å². The van der Waals surface area contributed by atoms with E-state index in [1.165, 1.54) is 37.3 Å². The van der Waals surface area contributed by atoms with E-state index in [0.717, 1.165) is 10.6 Å². The molecule has 1 amide bonds. The van der Waals surface area contributed by atoms with E-state index in [9.17, 15) is 4.79 Å². The zero-order chi connectivity index (χ0) is 15.8. The van der Waals surface area contributed by atoms with E-state index < -0.39 is 0 Å². The van der Waals surface area contributed by atoms with Crippen LogP contribution in [0.2, 0.25) is 0 Å². The molecule has 2 unspecified atom stereocenters. The monoisotopic (exact) mass is 328 g/mol. The SMILES string of the molecule is CC1C(NC(=O)c2csc(-c3cccnc3)n2)C2CCN1CC2. The van der Waals surface area contributed by atoms with Gasteiger partial charge in [-0.25, -0.2) is 4.98 Å². The number of aromatic nitrogens is 2. The summed E-state index contributed by atoms with van der Waals surface area (Å²) >= 11 is 1.49. The van der Waals surface area contributed by atoms with Crippen LogP contribution < -0.4 is 5.32 Å². The van der Waals surface area contributed by atoms with E-state index in [-0.39, 0.29) is 11.9 Å². The third kappa shape index (κ3) is 2.77. The minimum atomic E-state index is -0.0537. The third-order valence-corrected chi connectivity index (χ3v) is 6.01. The highest BCUT2D eigenvalue weighted by molar-refractivity contribution is 7.13. The Hall–Kier alpha value is -1.79. The second kappa shape index (κ2) is 6.02. The molecule has 2 aromatic heterocycles. The lowest BCUT2D eigenvalue weighted by Crippen LogP contribution is -2.62. The van der Waals surface area contributed by atoms with Gasteiger partial charge in [0.1, 0.15) is 10.7 Å². The summed E-state index contributed by atoms with van der Waals surface area (Å²) in [5.41, 5.74) is 1.46. The van der Waals surface area contributed by atoms with Crippen molar-refractivity contribution in [2.45, 2.75) is 31.8 Å². The molecule has 0 saturated carbocycles. The maximum Gasteiger partial charge on any atom is 0.271 e. The molecule has 0 aromatic carbocycles. The second-order valence-electron chi connectivity index (χ2n) is 6.39. The Morgan fingerprint density at radius 3 is 2.91 bits per heavy atom. The van der Waals surface area contributed by atoms with Gasteiger partial charge in [0.25, 0.3) is 5.91 Å². The molecule has 0 radical (unpaired) electrons. The van der Waals surface area contributed by atoms with Gasteiger partial charge in [-0.1, -0.05) is 0 Å². The van der Waals surface area contributed by atoms with Crippen molar-refractivity contribution in [3.63, 3.8) is 0 Å². The average molecular weight is 328 g/mol. The Morgan fingerprint density at radius 1 is 1.39 bits per heavy atom. The third-order valence-electron chi connectivity index (χ3n) is 5.12. The summed E-state index contributed by atoms with van der Waals surface area (Å²) in [7, 11) is 0. The molecule has 5 nitrogen and oxygen atoms in total. The van der Waals surface area contributed by atoms with Gasteiger partial charge in [0.05, 0.1) is 0 Å². The van der Waals surface area contributed by atoms with E-state index >= 15 is 0 Å². The number of amides is 1. The molecule has 5 rings (SSSR count). The first-order chi connectivity index (χ1) is 11.2. The number of nitrogens with one attached hydrogen (secondary N) is 1. The number of nitrogens with zero attached hydrogens (tertiary/aromatic N) is 3. The molecule has 120 valence electrons. The summed E-state index contributed by atoms with van der Waals surface area (Å²) in [5.74, 6) is 0.553. The molecule has 2 atom stereocenters. The standard InChI is InChI=1S/C17H20N4OS/c1-11-15(12-4-7-21(11)8-5-12)20-16(22)14-10-23-17(19-14)13-3-2-6-18-9-13/h2-3,6,9-12,15H,4-5,7-8H2,1H3,(H,20,22). The van der Waals surface area contributed by atoms with Gasteiger partial charge in [-0.05, 0) is 50.9 Å². The van der Waals surface area contributed by atoms with Crippen LogP contribution in [0.4, 0.5) is 0 Å². The Labute approximate surface area is 139 Å². The quantitative estimate of drug-likeness (QED) is 0.940. The van der Waals surface area contributed by atoms with Gasteiger partial charge in [0.15, 0.2) is 0 Å². The lowest BCUT2D eigenvalue weighted by Gasteiger charge is -2.49. The normalized spacial score (nSPS) is 29.4. The van der Waals surface area contributed by atoms with Gasteiger partial charge in [-0.3, -0.25) is 14.7 Å². The molecular weight excluding hydrogens is 308 g/mol. The van der Waals surface area contributed by atoms with E-state index in [1.54, 1.807) is 12.4 Å². The van der Waals surface area contributed by atoms with Crippen molar-refractivity contribution in [3.8, 4) is 10.6 Å². The first-order valence-electron chi connectivity index (χ1n) is 8.13. The van der Waals surface area contributed by atoms with Crippen LogP contribution in [0.15, 0.2) is 29.9 Å². The molecular formula is C17H20N4OS. The number of hydrogen-bond donors (Lipinski definition) is 1. The maximum absolute atomic E-state index is 12.6. The number of thiazole rings is 1. The Kier molecular flexibility index (Phi) is 3.87. The summed E-state index contributed by atoms with van der Waals surface area (Å²) in [6.45, 7) is 4.55. The van der Waals surface area contributed by atoms with Crippen LogP contribution in [-0.4, -0.2) is 45.9 Å². The summed E-state index contributed by atoms with van der Waals surface area (Å²) in [5, 5.41) is 5.90. The molecule has 0 aliphatic carbocycles. The smallest absolute Gasteiger partial charge is 0.271 e. The molecule has 2 aromatic rings. The molecule has 3 aliphatic rings. The van der Waals surface area contributed by atoms with Crippen LogP contribution in [0.3, 0.4) is 0 Å².